The second-order valence-corrected chi connectivity index (χ2v) is 5.57. The van der Waals surface area contributed by atoms with Gasteiger partial charge in [0.15, 0.2) is 0 Å². The molecule has 1 N–H and O–H groups in total. The van der Waals surface area contributed by atoms with Gasteiger partial charge >= 0.3 is 5.30 Å². The molecule has 0 bridgehead atoms. The molecule has 4 heteroatoms. The van der Waals surface area contributed by atoms with Crippen molar-refractivity contribution in [2.24, 2.45) is 5.41 Å². The van der Waals surface area contributed by atoms with Crippen LogP contribution in [0, 0.1) is 5.41 Å². The van der Waals surface area contributed by atoms with Crippen molar-refractivity contribution in [3.63, 3.8) is 0 Å². The molecule has 0 radical (unpaired) electrons. The van der Waals surface area contributed by atoms with E-state index >= 15 is 0 Å². The molecule has 0 amide bonds. The summed E-state index contributed by atoms with van der Waals surface area (Å²) in [5.41, 5.74) is 0.919. The molecule has 0 aromatic rings. The highest BCUT2D eigenvalue weighted by atomic mass is 32.2. The molecule has 0 aromatic carbocycles. The average molecular weight is 232 g/mol. The Morgan fingerprint density at radius 2 is 2.07 bits per heavy atom. The van der Waals surface area contributed by atoms with Crippen molar-refractivity contribution in [2.75, 3.05) is 13.2 Å². The summed E-state index contributed by atoms with van der Waals surface area (Å²) < 4.78 is 4.80. The third-order valence-corrected chi connectivity index (χ3v) is 3.41. The maximum absolute atomic E-state index is 11.4. The third kappa shape index (κ3) is 5.85. The quantitative estimate of drug-likeness (QED) is 0.598. The van der Waals surface area contributed by atoms with Crippen LogP contribution >= 0.6 is 11.8 Å². The van der Waals surface area contributed by atoms with Crippen LogP contribution in [0.3, 0.4) is 0 Å². The van der Waals surface area contributed by atoms with E-state index in [0.29, 0.717) is 0 Å². The van der Waals surface area contributed by atoms with Gasteiger partial charge in [0.05, 0.1) is 6.61 Å². The molecule has 88 valence electrons. The average Bonchev–Trinajstić information content (AvgIpc) is 2.08. The van der Waals surface area contributed by atoms with Gasteiger partial charge in [-0.05, 0) is 24.1 Å². The van der Waals surface area contributed by atoms with Crippen molar-refractivity contribution in [2.45, 2.75) is 32.9 Å². The number of aliphatic hydroxyl groups is 1. The van der Waals surface area contributed by atoms with Crippen LogP contribution in [0.25, 0.3) is 0 Å². The van der Waals surface area contributed by atoms with Gasteiger partial charge in [-0.1, -0.05) is 32.9 Å². The van der Waals surface area contributed by atoms with Crippen LogP contribution in [-0.4, -0.2) is 28.9 Å². The summed E-state index contributed by atoms with van der Waals surface area (Å²) in [7, 11) is 0. The molecule has 0 aliphatic heterocycles. The van der Waals surface area contributed by atoms with E-state index in [9.17, 15) is 4.79 Å². The summed E-state index contributed by atoms with van der Waals surface area (Å²) >= 11 is 1.13. The van der Waals surface area contributed by atoms with Crippen LogP contribution in [0.1, 0.15) is 27.7 Å². The van der Waals surface area contributed by atoms with Gasteiger partial charge in [-0.2, -0.15) is 0 Å². The van der Waals surface area contributed by atoms with Crippen LogP contribution in [0.4, 0.5) is 4.79 Å². The molecule has 0 saturated carbocycles. The number of thioether (sulfide) groups is 1. The first-order valence-corrected chi connectivity index (χ1v) is 5.76. The van der Waals surface area contributed by atoms with E-state index in [1.165, 1.54) is 0 Å². The first-order chi connectivity index (χ1) is 6.79. The third-order valence-electron chi connectivity index (χ3n) is 1.76. The minimum Gasteiger partial charge on any atom is -0.455 e. The molecule has 0 fully saturated rings. The highest BCUT2D eigenvalue weighted by molar-refractivity contribution is 8.14. The maximum atomic E-state index is 11.4. The van der Waals surface area contributed by atoms with E-state index in [0.717, 1.165) is 17.3 Å². The summed E-state index contributed by atoms with van der Waals surface area (Å²) in [5, 5.41) is 8.19. The Balaban J connectivity index is 4.31. The topological polar surface area (TPSA) is 46.5 Å². The number of aliphatic hydroxyl groups excluding tert-OH is 1. The van der Waals surface area contributed by atoms with Crippen LogP contribution in [0.5, 0.6) is 0 Å². The van der Waals surface area contributed by atoms with E-state index < -0.39 is 0 Å². The lowest BCUT2D eigenvalue weighted by atomic mass is 9.88. The molecule has 0 aliphatic carbocycles. The Labute approximate surface area is 95.9 Å². The van der Waals surface area contributed by atoms with Crippen molar-refractivity contribution in [3.05, 3.63) is 12.2 Å². The maximum Gasteiger partial charge on any atom is 0.367 e. The molecule has 0 aromatic heterocycles. The Hall–Kier alpha value is -0.480. The highest BCUT2D eigenvalue weighted by Gasteiger charge is 2.28. The van der Waals surface area contributed by atoms with Gasteiger partial charge in [0.25, 0.3) is 0 Å². The number of carbonyl (C=O) groups excluding carboxylic acids is 1. The van der Waals surface area contributed by atoms with Crippen molar-refractivity contribution in [3.8, 4) is 0 Å². The lowest BCUT2D eigenvalue weighted by molar-refractivity contribution is 0.141. The lowest BCUT2D eigenvalue weighted by Gasteiger charge is -2.29. The number of rotatable bonds is 4. The standard InChI is InChI=1S/C11H20O3S/c1-8(2)9(11(3,4)5)15-10(13)14-7-6-12/h9,12H,1,6-7H2,2-5H3. The highest BCUT2D eigenvalue weighted by Crippen LogP contribution is 2.35. The van der Waals surface area contributed by atoms with Crippen LogP contribution in [0.2, 0.25) is 0 Å². The predicted molar refractivity (Wildman–Crippen MR) is 64.1 cm³/mol. The summed E-state index contributed by atoms with van der Waals surface area (Å²) in [6, 6.07) is 0. The van der Waals surface area contributed by atoms with Crippen LogP contribution < -0.4 is 0 Å². The van der Waals surface area contributed by atoms with Crippen molar-refractivity contribution in [1.82, 2.24) is 0 Å². The fraction of sp³-hybridized carbons (Fsp3) is 0.727. The molecule has 0 spiro atoms. The van der Waals surface area contributed by atoms with E-state index in [4.69, 9.17) is 9.84 Å². The van der Waals surface area contributed by atoms with E-state index in [2.05, 4.69) is 27.4 Å². The van der Waals surface area contributed by atoms with Gasteiger partial charge in [-0.3, -0.25) is 0 Å². The fourth-order valence-electron chi connectivity index (χ4n) is 1.28. The van der Waals surface area contributed by atoms with Crippen molar-refractivity contribution < 1.29 is 14.6 Å². The van der Waals surface area contributed by atoms with Crippen LogP contribution in [-0.2, 0) is 4.74 Å². The minimum atomic E-state index is -0.355. The van der Waals surface area contributed by atoms with Gasteiger partial charge in [0, 0.05) is 5.25 Å². The summed E-state index contributed by atoms with van der Waals surface area (Å²) in [4.78, 5) is 11.4. The second kappa shape index (κ2) is 6.18. The second-order valence-electron chi connectivity index (χ2n) is 4.53. The zero-order chi connectivity index (χ0) is 12.1. The summed E-state index contributed by atoms with van der Waals surface area (Å²) in [6.07, 6.45) is 0. The Morgan fingerprint density at radius 3 is 2.40 bits per heavy atom. The fourth-order valence-corrected chi connectivity index (χ4v) is 2.17. The SMILES string of the molecule is C=C(C)C(SC(=O)OCCO)C(C)(C)C. The van der Waals surface area contributed by atoms with Crippen molar-refractivity contribution >= 4 is 17.1 Å². The van der Waals surface area contributed by atoms with Gasteiger partial charge in [0.2, 0.25) is 0 Å². The molecule has 3 nitrogen and oxygen atoms in total. The molecule has 0 rings (SSSR count). The summed E-state index contributed by atoms with van der Waals surface area (Å²) in [6.45, 7) is 11.9. The van der Waals surface area contributed by atoms with Crippen LogP contribution in [0.15, 0.2) is 12.2 Å². The van der Waals surface area contributed by atoms with Gasteiger partial charge in [-0.15, -0.1) is 0 Å². The zero-order valence-electron chi connectivity index (χ0n) is 9.87. The van der Waals surface area contributed by atoms with Crippen molar-refractivity contribution in [1.29, 1.82) is 0 Å². The zero-order valence-corrected chi connectivity index (χ0v) is 10.7. The van der Waals surface area contributed by atoms with E-state index in [-0.39, 0.29) is 29.2 Å². The Morgan fingerprint density at radius 1 is 1.53 bits per heavy atom. The van der Waals surface area contributed by atoms with Gasteiger partial charge < -0.3 is 9.84 Å². The molecule has 1 unspecified atom stereocenters. The number of hydrogen-bond donors (Lipinski definition) is 1. The molecule has 15 heavy (non-hydrogen) atoms. The Kier molecular flexibility index (Phi) is 5.98. The van der Waals surface area contributed by atoms with Gasteiger partial charge in [-0.25, -0.2) is 4.79 Å². The molecular weight excluding hydrogens is 212 g/mol. The number of carbonyl (C=O) groups is 1. The first-order valence-electron chi connectivity index (χ1n) is 4.88. The first kappa shape index (κ1) is 14.5. The number of hydrogen-bond acceptors (Lipinski definition) is 4. The normalized spacial score (nSPS) is 13.4. The number of ether oxygens (including phenoxy) is 1. The van der Waals surface area contributed by atoms with E-state index in [1.807, 2.05) is 6.92 Å². The largest absolute Gasteiger partial charge is 0.455 e. The molecule has 0 saturated heterocycles. The smallest absolute Gasteiger partial charge is 0.367 e. The summed E-state index contributed by atoms with van der Waals surface area (Å²) in [5.74, 6) is 0. The monoisotopic (exact) mass is 232 g/mol. The molecular formula is C11H20O3S. The predicted octanol–water partition coefficient (Wildman–Crippen LogP) is 2.84. The molecule has 0 aliphatic rings. The molecule has 0 heterocycles. The van der Waals surface area contributed by atoms with E-state index in [1.54, 1.807) is 0 Å². The minimum absolute atomic E-state index is 0.0312. The Bertz CT molecular complexity index is 230. The lowest BCUT2D eigenvalue weighted by Crippen LogP contribution is -2.25. The van der Waals surface area contributed by atoms with Gasteiger partial charge in [0.1, 0.15) is 6.61 Å². The molecule has 1 atom stereocenters.